The third kappa shape index (κ3) is 1.55. The number of thiophene rings is 1. The predicted octanol–water partition coefficient (Wildman–Crippen LogP) is 3.65. The second kappa shape index (κ2) is 3.40. The molecule has 2 aromatic rings. The largest absolute Gasteiger partial charge is 0.397 e. The van der Waals surface area contributed by atoms with Crippen LogP contribution in [0.1, 0.15) is 0 Å². The Bertz CT molecular complexity index is 408. The molecule has 0 saturated carbocycles. The van der Waals surface area contributed by atoms with E-state index in [0.29, 0.717) is 10.7 Å². The van der Waals surface area contributed by atoms with Crippen molar-refractivity contribution in [2.75, 3.05) is 5.73 Å². The van der Waals surface area contributed by atoms with E-state index in [9.17, 15) is 0 Å². The van der Waals surface area contributed by atoms with E-state index in [1.165, 1.54) is 0 Å². The Balaban J connectivity index is 2.53. The highest BCUT2D eigenvalue weighted by Gasteiger charge is 2.07. The summed E-state index contributed by atoms with van der Waals surface area (Å²) in [7, 11) is 0. The summed E-state index contributed by atoms with van der Waals surface area (Å²) in [5.74, 6) is 0. The zero-order valence-electron chi connectivity index (χ0n) is 6.83. The van der Waals surface area contributed by atoms with Gasteiger partial charge in [0.1, 0.15) is 0 Å². The van der Waals surface area contributed by atoms with Crippen LogP contribution >= 0.6 is 22.9 Å². The fraction of sp³-hybridized carbons (Fsp3) is 0. The Labute approximate surface area is 85.8 Å². The molecule has 13 heavy (non-hydrogen) atoms. The first-order chi connectivity index (χ1) is 6.29. The Kier molecular flexibility index (Phi) is 2.25. The third-order valence-corrected chi connectivity index (χ3v) is 3.36. The maximum absolute atomic E-state index is 6.03. The third-order valence-electron chi connectivity index (χ3n) is 1.79. The molecule has 0 bridgehead atoms. The van der Waals surface area contributed by atoms with Gasteiger partial charge in [-0.15, -0.1) is 11.3 Å². The van der Waals surface area contributed by atoms with Gasteiger partial charge in [0.05, 0.1) is 15.6 Å². The van der Waals surface area contributed by atoms with Crippen LogP contribution in [0.4, 0.5) is 5.69 Å². The van der Waals surface area contributed by atoms with Gasteiger partial charge < -0.3 is 5.73 Å². The van der Waals surface area contributed by atoms with Crippen molar-refractivity contribution < 1.29 is 0 Å². The summed E-state index contributed by atoms with van der Waals surface area (Å²) in [6, 6.07) is 10.0. The van der Waals surface area contributed by atoms with Gasteiger partial charge in [0.15, 0.2) is 0 Å². The molecule has 0 saturated heterocycles. The molecule has 0 aliphatic rings. The van der Waals surface area contributed by atoms with Gasteiger partial charge in [-0.25, -0.2) is 0 Å². The van der Waals surface area contributed by atoms with Crippen LogP contribution in [0.15, 0.2) is 35.7 Å². The second-order valence-electron chi connectivity index (χ2n) is 2.70. The molecule has 1 aromatic heterocycles. The standard InChI is InChI=1S/C10H8ClNS/c11-9-8(12)6-13-10(9)7-4-2-1-3-5-7/h1-6H,12H2. The van der Waals surface area contributed by atoms with Crippen LogP contribution in [0, 0.1) is 0 Å². The molecule has 3 heteroatoms. The highest BCUT2D eigenvalue weighted by atomic mass is 35.5. The fourth-order valence-electron chi connectivity index (χ4n) is 1.14. The molecule has 1 heterocycles. The Hall–Kier alpha value is -0.990. The van der Waals surface area contributed by atoms with Crippen molar-refractivity contribution in [2.45, 2.75) is 0 Å². The molecule has 0 fully saturated rings. The molecular formula is C10H8ClNS. The zero-order chi connectivity index (χ0) is 9.26. The van der Waals surface area contributed by atoms with Crippen LogP contribution in [0.25, 0.3) is 10.4 Å². The van der Waals surface area contributed by atoms with Crippen molar-refractivity contribution in [3.05, 3.63) is 40.7 Å². The van der Waals surface area contributed by atoms with Gasteiger partial charge in [0.2, 0.25) is 0 Å². The van der Waals surface area contributed by atoms with Crippen LogP contribution in [0.2, 0.25) is 5.02 Å². The normalized spacial score (nSPS) is 10.2. The lowest BCUT2D eigenvalue weighted by atomic mass is 10.2. The van der Waals surface area contributed by atoms with Crippen molar-refractivity contribution in [2.24, 2.45) is 0 Å². The SMILES string of the molecule is Nc1csc(-c2ccccc2)c1Cl. The van der Waals surface area contributed by atoms with Gasteiger partial charge in [-0.3, -0.25) is 0 Å². The highest BCUT2D eigenvalue weighted by Crippen LogP contribution is 2.37. The number of rotatable bonds is 1. The van der Waals surface area contributed by atoms with E-state index in [1.54, 1.807) is 11.3 Å². The zero-order valence-corrected chi connectivity index (χ0v) is 8.40. The lowest BCUT2D eigenvalue weighted by Gasteiger charge is -1.97. The molecule has 0 aliphatic carbocycles. The molecule has 0 atom stereocenters. The molecule has 66 valence electrons. The summed E-state index contributed by atoms with van der Waals surface area (Å²) < 4.78 is 0. The molecule has 1 nitrogen and oxygen atoms in total. The number of halogens is 1. The molecule has 0 radical (unpaired) electrons. The second-order valence-corrected chi connectivity index (χ2v) is 3.96. The number of hydrogen-bond donors (Lipinski definition) is 1. The average molecular weight is 210 g/mol. The van der Waals surface area contributed by atoms with Gasteiger partial charge >= 0.3 is 0 Å². The summed E-state index contributed by atoms with van der Waals surface area (Å²) in [6.45, 7) is 0. The lowest BCUT2D eigenvalue weighted by molar-refractivity contribution is 1.70. The topological polar surface area (TPSA) is 26.0 Å². The molecule has 2 rings (SSSR count). The monoisotopic (exact) mass is 209 g/mol. The maximum atomic E-state index is 6.03. The Morgan fingerprint density at radius 3 is 2.38 bits per heavy atom. The molecular weight excluding hydrogens is 202 g/mol. The van der Waals surface area contributed by atoms with Crippen LogP contribution in [-0.2, 0) is 0 Å². The Morgan fingerprint density at radius 1 is 1.15 bits per heavy atom. The van der Waals surface area contributed by atoms with Gasteiger partial charge in [-0.05, 0) is 5.56 Å². The quantitative estimate of drug-likeness (QED) is 0.763. The number of nitrogen functional groups attached to an aromatic ring is 1. The fourth-order valence-corrected chi connectivity index (χ4v) is 2.36. The van der Waals surface area contributed by atoms with Gasteiger partial charge in [0.25, 0.3) is 0 Å². The summed E-state index contributed by atoms with van der Waals surface area (Å²) in [5.41, 5.74) is 7.43. The van der Waals surface area contributed by atoms with E-state index in [2.05, 4.69) is 0 Å². The van der Waals surface area contributed by atoms with Gasteiger partial charge in [0, 0.05) is 5.38 Å². The summed E-state index contributed by atoms with van der Waals surface area (Å²) in [4.78, 5) is 1.04. The van der Waals surface area contributed by atoms with Gasteiger partial charge in [-0.2, -0.15) is 0 Å². The van der Waals surface area contributed by atoms with E-state index in [0.717, 1.165) is 10.4 Å². The van der Waals surface area contributed by atoms with E-state index < -0.39 is 0 Å². The first-order valence-electron chi connectivity index (χ1n) is 3.87. The van der Waals surface area contributed by atoms with E-state index in [1.807, 2.05) is 35.7 Å². The average Bonchev–Trinajstić information content (AvgIpc) is 2.49. The van der Waals surface area contributed by atoms with Crippen molar-refractivity contribution in [1.29, 1.82) is 0 Å². The molecule has 1 aromatic carbocycles. The van der Waals surface area contributed by atoms with Crippen molar-refractivity contribution in [3.63, 3.8) is 0 Å². The van der Waals surface area contributed by atoms with Crippen LogP contribution in [-0.4, -0.2) is 0 Å². The molecule has 0 unspecified atom stereocenters. The minimum absolute atomic E-state index is 0.658. The predicted molar refractivity (Wildman–Crippen MR) is 59.2 cm³/mol. The maximum Gasteiger partial charge on any atom is 0.0821 e. The van der Waals surface area contributed by atoms with Crippen molar-refractivity contribution >= 4 is 28.6 Å². The van der Waals surface area contributed by atoms with Gasteiger partial charge in [-0.1, -0.05) is 41.9 Å². The van der Waals surface area contributed by atoms with Crippen molar-refractivity contribution in [3.8, 4) is 10.4 Å². The first kappa shape index (κ1) is 8.60. The highest BCUT2D eigenvalue weighted by molar-refractivity contribution is 7.15. The molecule has 0 spiro atoms. The molecule has 0 aliphatic heterocycles. The molecule has 0 amide bonds. The summed E-state index contributed by atoms with van der Waals surface area (Å²) in [6.07, 6.45) is 0. The minimum Gasteiger partial charge on any atom is -0.397 e. The number of anilines is 1. The summed E-state index contributed by atoms with van der Waals surface area (Å²) >= 11 is 7.60. The molecule has 2 N–H and O–H groups in total. The minimum atomic E-state index is 0.658. The van der Waals surface area contributed by atoms with Crippen LogP contribution < -0.4 is 5.73 Å². The van der Waals surface area contributed by atoms with Crippen molar-refractivity contribution in [1.82, 2.24) is 0 Å². The smallest absolute Gasteiger partial charge is 0.0821 e. The summed E-state index contributed by atoms with van der Waals surface area (Å²) in [5, 5.41) is 2.53. The first-order valence-corrected chi connectivity index (χ1v) is 5.12. The van der Waals surface area contributed by atoms with Crippen LogP contribution in [0.5, 0.6) is 0 Å². The van der Waals surface area contributed by atoms with E-state index >= 15 is 0 Å². The number of nitrogens with two attached hydrogens (primary N) is 1. The van der Waals surface area contributed by atoms with E-state index in [-0.39, 0.29) is 0 Å². The van der Waals surface area contributed by atoms with E-state index in [4.69, 9.17) is 17.3 Å². The Morgan fingerprint density at radius 2 is 1.85 bits per heavy atom. The van der Waals surface area contributed by atoms with Crippen LogP contribution in [0.3, 0.4) is 0 Å². The number of benzene rings is 1. The lowest BCUT2D eigenvalue weighted by Crippen LogP contribution is -1.80. The number of hydrogen-bond acceptors (Lipinski definition) is 2.